The maximum atomic E-state index is 12.9. The number of hydrogen-bond donors (Lipinski definition) is 1. The van der Waals surface area contributed by atoms with Crippen molar-refractivity contribution in [2.24, 2.45) is 7.05 Å². The summed E-state index contributed by atoms with van der Waals surface area (Å²) in [7, 11) is 1.97. The molecule has 2 amide bonds. The number of amides is 2. The summed E-state index contributed by atoms with van der Waals surface area (Å²) in [6.07, 6.45) is 6.97. The average Bonchev–Trinajstić information content (AvgIpc) is 3.62. The summed E-state index contributed by atoms with van der Waals surface area (Å²) in [5, 5.41) is 3.35. The minimum Gasteiger partial charge on any atom is -0.457 e. The minimum atomic E-state index is -0.0355. The number of aryl methyl sites for hydroxylation is 2. The van der Waals surface area contributed by atoms with E-state index in [-0.39, 0.29) is 12.1 Å². The molecule has 0 radical (unpaired) electrons. The molecule has 0 unspecified atom stereocenters. The topological polar surface area (TPSA) is 114 Å². The molecule has 38 heavy (non-hydrogen) atoms. The number of rotatable bonds is 5. The first kappa shape index (κ1) is 22.4. The molecule has 190 valence electrons. The molecule has 3 aromatic heterocycles. The third kappa shape index (κ3) is 3.74. The lowest BCUT2D eigenvalue weighted by Crippen LogP contribution is -2.32. The van der Waals surface area contributed by atoms with Gasteiger partial charge in [-0.15, -0.1) is 0 Å². The number of hydrogen-bond acceptors (Lipinski definition) is 8. The summed E-state index contributed by atoms with van der Waals surface area (Å²) >= 11 is 0. The predicted molar refractivity (Wildman–Crippen MR) is 143 cm³/mol. The van der Waals surface area contributed by atoms with Crippen LogP contribution < -0.4 is 15.0 Å². The summed E-state index contributed by atoms with van der Waals surface area (Å²) in [6, 6.07) is 11.9. The van der Waals surface area contributed by atoms with Gasteiger partial charge >= 0.3 is 6.03 Å². The third-order valence-corrected chi connectivity index (χ3v) is 7.22. The fraction of sp³-hybridized carbons (Fsp3) is 0.259. The monoisotopic (exact) mass is 507 g/mol. The number of fused-ring (bicyclic) bond motifs is 3. The third-order valence-electron chi connectivity index (χ3n) is 7.22. The van der Waals surface area contributed by atoms with Crippen LogP contribution in [0.2, 0.25) is 0 Å². The predicted octanol–water partition coefficient (Wildman–Crippen LogP) is 4.56. The van der Waals surface area contributed by atoms with Crippen LogP contribution in [0.5, 0.6) is 11.5 Å². The van der Waals surface area contributed by atoms with Crippen LogP contribution in [0, 0.1) is 6.92 Å². The summed E-state index contributed by atoms with van der Waals surface area (Å²) in [4.78, 5) is 38.7. The number of carbonyl (C=O) groups is 1. The Bertz CT molecular complexity index is 1720. The molecule has 2 aliphatic rings. The van der Waals surface area contributed by atoms with Crippen molar-refractivity contribution in [3.05, 3.63) is 60.8 Å². The van der Waals surface area contributed by atoms with E-state index in [1.54, 1.807) is 17.4 Å². The molecule has 11 heteroatoms. The molecule has 1 N–H and O–H groups in total. The fourth-order valence-electron chi connectivity index (χ4n) is 5.24. The summed E-state index contributed by atoms with van der Waals surface area (Å²) < 4.78 is 8.13. The van der Waals surface area contributed by atoms with Gasteiger partial charge in [0.2, 0.25) is 5.95 Å². The lowest BCUT2D eigenvalue weighted by atomic mass is 10.2. The molecule has 0 saturated carbocycles. The van der Waals surface area contributed by atoms with E-state index in [4.69, 9.17) is 9.72 Å². The molecule has 2 fully saturated rings. The van der Waals surface area contributed by atoms with Crippen LogP contribution >= 0.6 is 0 Å². The van der Waals surface area contributed by atoms with Gasteiger partial charge in [0.15, 0.2) is 5.82 Å². The molecule has 2 saturated heterocycles. The fourth-order valence-corrected chi connectivity index (χ4v) is 5.24. The highest BCUT2D eigenvalue weighted by Crippen LogP contribution is 2.32. The van der Waals surface area contributed by atoms with Crippen molar-refractivity contribution in [3.63, 3.8) is 0 Å². The SMILES string of the molecule is Cc1cc(Nc2ncnc3cnc(N4C[C@@H]5CCCN5C4=O)nc23)ccc1Oc1ccc2c(c1)ncn2C. The Morgan fingerprint density at radius 3 is 2.84 bits per heavy atom. The lowest BCUT2D eigenvalue weighted by Gasteiger charge is -2.16. The molecule has 0 aliphatic carbocycles. The zero-order valence-corrected chi connectivity index (χ0v) is 21.0. The largest absolute Gasteiger partial charge is 0.457 e. The van der Waals surface area contributed by atoms with Crippen molar-refractivity contribution in [1.82, 2.24) is 34.4 Å². The maximum Gasteiger partial charge on any atom is 0.327 e. The van der Waals surface area contributed by atoms with E-state index in [1.165, 1.54) is 6.33 Å². The Labute approximate surface area is 218 Å². The molecule has 11 nitrogen and oxygen atoms in total. The van der Waals surface area contributed by atoms with Gasteiger partial charge in [-0.05, 0) is 55.7 Å². The van der Waals surface area contributed by atoms with Crippen LogP contribution in [0.3, 0.4) is 0 Å². The smallest absolute Gasteiger partial charge is 0.327 e. The highest BCUT2D eigenvalue weighted by Gasteiger charge is 2.41. The van der Waals surface area contributed by atoms with Gasteiger partial charge in [0.1, 0.15) is 28.9 Å². The van der Waals surface area contributed by atoms with Crippen molar-refractivity contribution >= 4 is 45.6 Å². The summed E-state index contributed by atoms with van der Waals surface area (Å²) in [5.74, 6) is 2.39. The maximum absolute atomic E-state index is 12.9. The molecule has 1 atom stereocenters. The van der Waals surface area contributed by atoms with E-state index in [2.05, 4.69) is 25.3 Å². The Morgan fingerprint density at radius 2 is 1.97 bits per heavy atom. The normalized spacial score (nSPS) is 17.0. The lowest BCUT2D eigenvalue weighted by molar-refractivity contribution is 0.219. The van der Waals surface area contributed by atoms with E-state index >= 15 is 0 Å². The van der Waals surface area contributed by atoms with Crippen LogP contribution in [0.4, 0.5) is 22.2 Å². The summed E-state index contributed by atoms with van der Waals surface area (Å²) in [6.45, 7) is 3.39. The molecule has 7 rings (SSSR count). The van der Waals surface area contributed by atoms with Gasteiger partial charge in [-0.2, -0.15) is 0 Å². The number of anilines is 3. The number of nitrogens with zero attached hydrogens (tertiary/aromatic N) is 8. The molecule has 0 spiro atoms. The first-order valence-electron chi connectivity index (χ1n) is 12.6. The molecule has 0 bridgehead atoms. The molecule has 2 aliphatic heterocycles. The van der Waals surface area contributed by atoms with E-state index in [9.17, 15) is 4.79 Å². The quantitative estimate of drug-likeness (QED) is 0.368. The zero-order chi connectivity index (χ0) is 25.8. The number of ether oxygens (including phenoxy) is 1. The number of benzene rings is 2. The molecular weight excluding hydrogens is 482 g/mol. The molecular formula is C27H25N9O2. The van der Waals surface area contributed by atoms with Crippen LogP contribution in [0.25, 0.3) is 22.1 Å². The Hall–Kier alpha value is -4.80. The first-order chi connectivity index (χ1) is 18.5. The van der Waals surface area contributed by atoms with Gasteiger partial charge in [0.25, 0.3) is 0 Å². The van der Waals surface area contributed by atoms with Gasteiger partial charge in [-0.1, -0.05) is 0 Å². The van der Waals surface area contributed by atoms with Crippen molar-refractivity contribution in [2.45, 2.75) is 25.8 Å². The second-order valence-corrected chi connectivity index (χ2v) is 9.72. The molecule has 5 aromatic rings. The minimum absolute atomic E-state index is 0.0355. The van der Waals surface area contributed by atoms with Gasteiger partial charge < -0.3 is 19.5 Å². The Balaban J connectivity index is 1.14. The zero-order valence-electron chi connectivity index (χ0n) is 21.0. The number of carbonyl (C=O) groups excluding carboxylic acids is 1. The van der Waals surface area contributed by atoms with E-state index in [0.29, 0.717) is 29.3 Å². The van der Waals surface area contributed by atoms with E-state index in [0.717, 1.165) is 53.2 Å². The van der Waals surface area contributed by atoms with Crippen LogP contribution in [0.15, 0.2) is 55.2 Å². The highest BCUT2D eigenvalue weighted by atomic mass is 16.5. The average molecular weight is 508 g/mol. The summed E-state index contributed by atoms with van der Waals surface area (Å²) in [5.41, 5.74) is 4.86. The molecule has 2 aromatic carbocycles. The second-order valence-electron chi connectivity index (χ2n) is 9.72. The van der Waals surface area contributed by atoms with Crippen molar-refractivity contribution in [2.75, 3.05) is 23.3 Å². The number of imidazole rings is 1. The van der Waals surface area contributed by atoms with Gasteiger partial charge in [0.05, 0.1) is 36.1 Å². The second kappa shape index (κ2) is 8.65. The van der Waals surface area contributed by atoms with Crippen molar-refractivity contribution < 1.29 is 9.53 Å². The molecule has 5 heterocycles. The number of urea groups is 1. The Morgan fingerprint density at radius 1 is 1.05 bits per heavy atom. The number of nitrogens with one attached hydrogen (secondary N) is 1. The van der Waals surface area contributed by atoms with Gasteiger partial charge in [0, 0.05) is 25.3 Å². The van der Waals surface area contributed by atoms with Crippen molar-refractivity contribution in [3.8, 4) is 11.5 Å². The van der Waals surface area contributed by atoms with Crippen LogP contribution in [-0.2, 0) is 7.05 Å². The van der Waals surface area contributed by atoms with Crippen molar-refractivity contribution in [1.29, 1.82) is 0 Å². The van der Waals surface area contributed by atoms with Crippen LogP contribution in [-0.4, -0.2) is 59.5 Å². The first-order valence-corrected chi connectivity index (χ1v) is 12.6. The number of aromatic nitrogens is 6. The van der Waals surface area contributed by atoms with E-state index < -0.39 is 0 Å². The van der Waals surface area contributed by atoms with Crippen LogP contribution in [0.1, 0.15) is 18.4 Å². The van der Waals surface area contributed by atoms with Gasteiger partial charge in [-0.25, -0.2) is 29.7 Å². The Kier molecular flexibility index (Phi) is 5.10. The van der Waals surface area contributed by atoms with E-state index in [1.807, 2.05) is 59.8 Å². The highest BCUT2D eigenvalue weighted by molar-refractivity contribution is 5.95. The van der Waals surface area contributed by atoms with Gasteiger partial charge in [-0.3, -0.25) is 4.90 Å². The standard InChI is InChI=1S/C27H25N9O2/c1-16-10-17(5-8-23(16)38-19-6-7-22-20(11-19)31-15-34(22)2)32-25-24-21(29-14-30-25)12-28-26(33-24)36-13-18-4-3-9-35(18)27(36)37/h5-8,10-12,14-15,18H,3-4,9,13H2,1-2H3,(H,29,30,32)/t18-/m0/s1.